The third-order valence-corrected chi connectivity index (χ3v) is 6.66. The van der Waals surface area contributed by atoms with Crippen LogP contribution < -0.4 is 16.0 Å². The molecule has 0 fully saturated rings. The summed E-state index contributed by atoms with van der Waals surface area (Å²) in [6, 6.07) is 18.9. The van der Waals surface area contributed by atoms with Crippen LogP contribution in [0, 0.1) is 0 Å². The molecule has 3 aromatic rings. The van der Waals surface area contributed by atoms with Crippen molar-refractivity contribution in [2.24, 2.45) is 0 Å². The third kappa shape index (κ3) is 6.08. The Morgan fingerprint density at radius 1 is 0.848 bits per heavy atom. The molecule has 0 radical (unpaired) electrons. The van der Waals surface area contributed by atoms with Gasteiger partial charge in [0.15, 0.2) is 0 Å². The number of hydroxylamine groups is 1. The number of hydrogen-bond acceptors (Lipinski definition) is 5. The van der Waals surface area contributed by atoms with E-state index >= 15 is 0 Å². The quantitative estimate of drug-likeness (QED) is 0.426. The lowest BCUT2D eigenvalue weighted by Gasteiger charge is -2.16. The summed E-state index contributed by atoms with van der Waals surface area (Å²) >= 11 is 6.02. The van der Waals surface area contributed by atoms with Crippen LogP contribution in [0.5, 0.6) is 0 Å². The van der Waals surface area contributed by atoms with E-state index in [1.54, 1.807) is 36.4 Å². The fourth-order valence-electron chi connectivity index (χ4n) is 2.73. The molecule has 172 valence electrons. The number of nitrogens with one attached hydrogen (secondary N) is 3. The largest absolute Gasteiger partial charge is 0.323 e. The number of sulfonamides is 1. The SMILES string of the molecule is CON(C)S(=O)(=O)c1cc(C(=O)Nc2ccc(NC(=O)Nc3ccccc3)cc2)ccc1Cl. The number of carbonyl (C=O) groups is 2. The summed E-state index contributed by atoms with van der Waals surface area (Å²) in [4.78, 5) is 29.2. The van der Waals surface area contributed by atoms with Gasteiger partial charge < -0.3 is 16.0 Å². The van der Waals surface area contributed by atoms with E-state index < -0.39 is 22.0 Å². The molecular formula is C22H21ClN4O5S. The lowest BCUT2D eigenvalue weighted by Crippen LogP contribution is -2.26. The monoisotopic (exact) mass is 488 g/mol. The Morgan fingerprint density at radius 2 is 1.39 bits per heavy atom. The topological polar surface area (TPSA) is 117 Å². The van der Waals surface area contributed by atoms with Crippen LogP contribution in [0.25, 0.3) is 0 Å². The molecule has 0 bridgehead atoms. The fraction of sp³-hybridized carbons (Fsp3) is 0.0909. The van der Waals surface area contributed by atoms with Gasteiger partial charge in [-0.05, 0) is 54.6 Å². The van der Waals surface area contributed by atoms with Gasteiger partial charge in [0, 0.05) is 29.7 Å². The number of hydrogen-bond donors (Lipinski definition) is 3. The molecule has 3 N–H and O–H groups in total. The average Bonchev–Trinajstić information content (AvgIpc) is 2.80. The predicted octanol–water partition coefficient (Wildman–Crippen LogP) is 4.42. The van der Waals surface area contributed by atoms with Crippen LogP contribution in [0.15, 0.2) is 77.7 Å². The van der Waals surface area contributed by atoms with Gasteiger partial charge in [-0.15, -0.1) is 0 Å². The van der Waals surface area contributed by atoms with E-state index in [0.29, 0.717) is 21.5 Å². The average molecular weight is 489 g/mol. The van der Waals surface area contributed by atoms with E-state index in [0.717, 1.165) is 0 Å². The van der Waals surface area contributed by atoms with Gasteiger partial charge >= 0.3 is 6.03 Å². The highest BCUT2D eigenvalue weighted by atomic mass is 35.5. The molecule has 3 amide bonds. The molecule has 33 heavy (non-hydrogen) atoms. The maximum absolute atomic E-state index is 12.6. The van der Waals surface area contributed by atoms with Gasteiger partial charge in [0.1, 0.15) is 4.90 Å². The van der Waals surface area contributed by atoms with Crippen molar-refractivity contribution >= 4 is 50.6 Å². The van der Waals surface area contributed by atoms with E-state index in [4.69, 9.17) is 16.4 Å². The number of rotatable bonds is 7. The van der Waals surface area contributed by atoms with Crippen LogP contribution in [-0.2, 0) is 14.9 Å². The van der Waals surface area contributed by atoms with Crippen molar-refractivity contribution < 1.29 is 22.8 Å². The minimum atomic E-state index is -4.04. The summed E-state index contributed by atoms with van der Waals surface area (Å²) in [6.07, 6.45) is 0. The van der Waals surface area contributed by atoms with Gasteiger partial charge in [-0.3, -0.25) is 9.63 Å². The first-order valence-electron chi connectivity index (χ1n) is 9.58. The van der Waals surface area contributed by atoms with Crippen molar-refractivity contribution in [2.45, 2.75) is 4.90 Å². The van der Waals surface area contributed by atoms with Crippen LogP contribution in [0.4, 0.5) is 21.9 Å². The van der Waals surface area contributed by atoms with Gasteiger partial charge in [0.25, 0.3) is 15.9 Å². The number of amides is 3. The van der Waals surface area contributed by atoms with Gasteiger partial charge in [0.05, 0.1) is 12.1 Å². The molecule has 0 saturated heterocycles. The Hall–Kier alpha value is -3.44. The normalized spacial score (nSPS) is 11.2. The molecule has 0 aliphatic carbocycles. The molecule has 0 aromatic heterocycles. The van der Waals surface area contributed by atoms with Crippen LogP contribution in [0.1, 0.15) is 10.4 Å². The van der Waals surface area contributed by atoms with Crippen molar-refractivity contribution in [3.8, 4) is 0 Å². The van der Waals surface area contributed by atoms with E-state index in [-0.39, 0.29) is 15.5 Å². The van der Waals surface area contributed by atoms with Gasteiger partial charge in [0.2, 0.25) is 0 Å². The lowest BCUT2D eigenvalue weighted by molar-refractivity contribution is -0.0258. The predicted molar refractivity (Wildman–Crippen MR) is 127 cm³/mol. The van der Waals surface area contributed by atoms with Crippen LogP contribution >= 0.6 is 11.6 Å². The summed E-state index contributed by atoms with van der Waals surface area (Å²) in [6.45, 7) is 0. The zero-order valence-corrected chi connectivity index (χ0v) is 19.3. The Labute approximate surface area is 196 Å². The number of urea groups is 1. The highest BCUT2D eigenvalue weighted by Crippen LogP contribution is 2.26. The molecule has 3 aromatic carbocycles. The molecule has 0 aliphatic heterocycles. The first-order valence-corrected chi connectivity index (χ1v) is 11.4. The third-order valence-electron chi connectivity index (χ3n) is 4.50. The van der Waals surface area contributed by atoms with Gasteiger partial charge in [-0.25, -0.2) is 13.2 Å². The second-order valence-corrected chi connectivity index (χ2v) is 9.03. The molecule has 11 heteroatoms. The first kappa shape index (κ1) is 24.2. The molecule has 0 saturated carbocycles. The van der Waals surface area contributed by atoms with E-state index in [2.05, 4.69) is 16.0 Å². The van der Waals surface area contributed by atoms with Gasteiger partial charge in [-0.2, -0.15) is 0 Å². The summed E-state index contributed by atoms with van der Waals surface area (Å²) in [7, 11) is -1.62. The Bertz CT molecular complexity index is 1250. The number of benzene rings is 3. The number of nitrogens with zero attached hydrogens (tertiary/aromatic N) is 1. The summed E-state index contributed by atoms with van der Waals surface area (Å²) in [5.41, 5.74) is 1.71. The molecule has 0 spiro atoms. The van der Waals surface area contributed by atoms with E-state index in [1.807, 2.05) is 18.2 Å². The van der Waals surface area contributed by atoms with E-state index in [9.17, 15) is 18.0 Å². The number of halogens is 1. The zero-order valence-electron chi connectivity index (χ0n) is 17.7. The highest BCUT2D eigenvalue weighted by molar-refractivity contribution is 7.89. The number of para-hydroxylation sites is 1. The minimum Gasteiger partial charge on any atom is -0.322 e. The molecule has 0 atom stereocenters. The highest BCUT2D eigenvalue weighted by Gasteiger charge is 2.25. The standard InChI is InChI=1S/C22H21ClN4O5S/c1-27(32-2)33(30,31)20-14-15(8-13-19(20)23)21(28)24-17-9-11-18(12-10-17)26-22(29)25-16-6-4-3-5-7-16/h3-14H,1-2H3,(H,24,28)(H2,25,26,29). The van der Waals surface area contributed by atoms with Crippen LogP contribution in [0.2, 0.25) is 5.02 Å². The van der Waals surface area contributed by atoms with Crippen molar-refractivity contribution in [1.82, 2.24) is 4.47 Å². The van der Waals surface area contributed by atoms with Crippen molar-refractivity contribution in [2.75, 3.05) is 30.1 Å². The Kier molecular flexibility index (Phi) is 7.67. The molecule has 0 heterocycles. The molecule has 3 rings (SSSR count). The maximum atomic E-state index is 12.6. The lowest BCUT2D eigenvalue weighted by atomic mass is 10.2. The second-order valence-electron chi connectivity index (χ2n) is 6.72. The zero-order chi connectivity index (χ0) is 24.0. The summed E-state index contributed by atoms with van der Waals surface area (Å²) in [5.74, 6) is -0.536. The molecular weight excluding hydrogens is 468 g/mol. The second kappa shape index (κ2) is 10.5. The summed E-state index contributed by atoms with van der Waals surface area (Å²) in [5, 5.41) is 8.02. The van der Waals surface area contributed by atoms with E-state index in [1.165, 1.54) is 32.4 Å². The number of anilines is 3. The maximum Gasteiger partial charge on any atom is 0.323 e. The Balaban J connectivity index is 1.67. The fourth-order valence-corrected chi connectivity index (χ4v) is 4.21. The summed E-state index contributed by atoms with van der Waals surface area (Å²) < 4.78 is 25.7. The van der Waals surface area contributed by atoms with Crippen molar-refractivity contribution in [3.63, 3.8) is 0 Å². The smallest absolute Gasteiger partial charge is 0.322 e. The molecule has 0 unspecified atom stereocenters. The van der Waals surface area contributed by atoms with Crippen molar-refractivity contribution in [1.29, 1.82) is 0 Å². The molecule has 0 aliphatic rings. The molecule has 9 nitrogen and oxygen atoms in total. The number of carbonyl (C=O) groups excluding carboxylic acids is 2. The first-order chi connectivity index (χ1) is 15.7. The van der Waals surface area contributed by atoms with Crippen LogP contribution in [-0.4, -0.2) is 39.0 Å². The van der Waals surface area contributed by atoms with Crippen molar-refractivity contribution in [3.05, 3.63) is 83.4 Å². The van der Waals surface area contributed by atoms with Crippen LogP contribution in [0.3, 0.4) is 0 Å². The van der Waals surface area contributed by atoms with Gasteiger partial charge in [-0.1, -0.05) is 34.3 Å². The Morgan fingerprint density at radius 3 is 1.97 bits per heavy atom. The minimum absolute atomic E-state index is 0.0420.